The van der Waals surface area contributed by atoms with Crippen molar-refractivity contribution in [2.24, 2.45) is 5.10 Å². The number of hydrazone groups is 1. The van der Waals surface area contributed by atoms with Crippen molar-refractivity contribution in [3.63, 3.8) is 0 Å². The fourth-order valence-electron chi connectivity index (χ4n) is 3.21. The van der Waals surface area contributed by atoms with Crippen LogP contribution < -0.4 is 10.2 Å². The number of rotatable bonds is 7. The van der Waals surface area contributed by atoms with E-state index in [2.05, 4.69) is 10.5 Å². The Hall–Kier alpha value is -2.97. The Kier molecular flexibility index (Phi) is 7.37. The summed E-state index contributed by atoms with van der Waals surface area (Å²) in [7, 11) is -1.99. The van der Waals surface area contributed by atoms with Crippen LogP contribution in [0.25, 0.3) is 6.08 Å². The molecule has 0 saturated carbocycles. The molecule has 2 aromatic rings. The molecule has 0 atom stereocenters. The van der Waals surface area contributed by atoms with Crippen molar-refractivity contribution in [3.05, 3.63) is 65.7 Å². The molecule has 1 aliphatic rings. The number of allylic oxidation sites excluding steroid dienone is 1. The van der Waals surface area contributed by atoms with E-state index in [1.54, 1.807) is 31.4 Å². The van der Waals surface area contributed by atoms with Crippen LogP contribution in [-0.2, 0) is 10.0 Å². The monoisotopic (exact) mass is 427 g/mol. The van der Waals surface area contributed by atoms with E-state index in [4.69, 9.17) is 4.74 Å². The van der Waals surface area contributed by atoms with Crippen molar-refractivity contribution in [2.45, 2.75) is 24.2 Å². The van der Waals surface area contributed by atoms with Gasteiger partial charge in [-0.3, -0.25) is 4.79 Å². The Morgan fingerprint density at radius 3 is 2.63 bits per heavy atom. The van der Waals surface area contributed by atoms with Gasteiger partial charge in [-0.25, -0.2) is 13.8 Å². The third-order valence-electron chi connectivity index (χ3n) is 4.79. The second-order valence-electron chi connectivity index (χ2n) is 6.81. The number of para-hydroxylation sites is 1. The van der Waals surface area contributed by atoms with Crippen LogP contribution in [0.15, 0.2) is 64.6 Å². The molecule has 0 aliphatic carbocycles. The van der Waals surface area contributed by atoms with Gasteiger partial charge < -0.3 is 4.74 Å². The van der Waals surface area contributed by atoms with Gasteiger partial charge in [-0.05, 0) is 49.3 Å². The number of benzene rings is 2. The first kappa shape index (κ1) is 21.7. The van der Waals surface area contributed by atoms with E-state index >= 15 is 0 Å². The minimum absolute atomic E-state index is 0.122. The van der Waals surface area contributed by atoms with Crippen LogP contribution in [0.1, 0.15) is 35.2 Å². The molecule has 0 radical (unpaired) electrons. The Morgan fingerprint density at radius 2 is 1.87 bits per heavy atom. The molecule has 0 aromatic heterocycles. The molecule has 3 rings (SSSR count). The van der Waals surface area contributed by atoms with E-state index < -0.39 is 15.9 Å². The van der Waals surface area contributed by atoms with Gasteiger partial charge in [0.25, 0.3) is 5.91 Å². The molecule has 0 unspecified atom stereocenters. The maximum atomic E-state index is 12.8. The number of methoxy groups -OCH3 is 1. The molecule has 7 nitrogen and oxygen atoms in total. The van der Waals surface area contributed by atoms with Crippen molar-refractivity contribution in [1.82, 2.24) is 9.73 Å². The lowest BCUT2D eigenvalue weighted by molar-refractivity contribution is 0.0955. The van der Waals surface area contributed by atoms with E-state index in [1.807, 2.05) is 24.3 Å². The van der Waals surface area contributed by atoms with E-state index in [9.17, 15) is 13.2 Å². The molecule has 1 amide bonds. The van der Waals surface area contributed by atoms with Gasteiger partial charge >= 0.3 is 0 Å². The second kappa shape index (κ2) is 10.2. The molecule has 1 heterocycles. The van der Waals surface area contributed by atoms with E-state index in [-0.39, 0.29) is 10.5 Å². The van der Waals surface area contributed by atoms with Gasteiger partial charge in [-0.2, -0.15) is 9.41 Å². The van der Waals surface area contributed by atoms with Crippen LogP contribution in [0.3, 0.4) is 0 Å². The Morgan fingerprint density at radius 1 is 1.10 bits per heavy atom. The number of nitrogens with one attached hydrogen (secondary N) is 1. The van der Waals surface area contributed by atoms with Crippen molar-refractivity contribution >= 4 is 28.2 Å². The van der Waals surface area contributed by atoms with Gasteiger partial charge in [0.2, 0.25) is 10.0 Å². The summed E-state index contributed by atoms with van der Waals surface area (Å²) in [6.07, 6.45) is 7.68. The van der Waals surface area contributed by atoms with Crippen LogP contribution in [0.4, 0.5) is 0 Å². The number of amides is 1. The largest absolute Gasteiger partial charge is 0.496 e. The van der Waals surface area contributed by atoms with E-state index in [0.717, 1.165) is 30.6 Å². The number of carbonyl (C=O) groups excluding carboxylic acids is 1. The molecule has 158 valence electrons. The molecule has 1 N–H and O–H groups in total. The smallest absolute Gasteiger partial charge is 0.271 e. The predicted molar refractivity (Wildman–Crippen MR) is 117 cm³/mol. The summed E-state index contributed by atoms with van der Waals surface area (Å²) in [4.78, 5) is 12.5. The van der Waals surface area contributed by atoms with Crippen molar-refractivity contribution in [2.75, 3.05) is 20.2 Å². The number of hydrogen-bond acceptors (Lipinski definition) is 5. The van der Waals surface area contributed by atoms with E-state index in [1.165, 1.54) is 22.7 Å². The molecule has 1 fully saturated rings. The summed E-state index contributed by atoms with van der Waals surface area (Å²) in [5, 5.41) is 3.89. The number of ether oxygens (including phenoxy) is 1. The summed E-state index contributed by atoms with van der Waals surface area (Å²) in [6.45, 7) is 1.03. The Bertz CT molecular complexity index is 1040. The zero-order chi connectivity index (χ0) is 21.4. The van der Waals surface area contributed by atoms with Gasteiger partial charge in [0.1, 0.15) is 5.75 Å². The number of sulfonamides is 1. The van der Waals surface area contributed by atoms with Crippen LogP contribution in [0, 0.1) is 0 Å². The topological polar surface area (TPSA) is 88.1 Å². The normalized spacial score (nSPS) is 15.5. The molecule has 30 heavy (non-hydrogen) atoms. The van der Waals surface area contributed by atoms with Crippen LogP contribution in [-0.4, -0.2) is 45.0 Å². The summed E-state index contributed by atoms with van der Waals surface area (Å²) in [5.74, 6) is 0.255. The third kappa shape index (κ3) is 5.34. The Labute approximate surface area is 177 Å². The predicted octanol–water partition coefficient (Wildman–Crippen LogP) is 3.30. The number of piperidine rings is 1. The minimum Gasteiger partial charge on any atom is -0.496 e. The first-order valence-corrected chi connectivity index (χ1v) is 11.2. The fraction of sp³-hybridized carbons (Fsp3) is 0.273. The van der Waals surface area contributed by atoms with Gasteiger partial charge in [-0.1, -0.05) is 30.7 Å². The first-order valence-electron chi connectivity index (χ1n) is 9.75. The molecular weight excluding hydrogens is 402 g/mol. The standard InChI is InChI=1S/C22H25N3O4S/c1-29-21-13-4-3-9-18(21)11-8-14-23-24-22(26)19-10-7-12-20(17-19)30(27,28)25-15-5-2-6-16-25/h3-4,7-14,17H,2,5-6,15-16H2,1H3,(H,24,26)/b11-8+,23-14+. The second-order valence-corrected chi connectivity index (χ2v) is 8.75. The molecule has 0 bridgehead atoms. The highest BCUT2D eigenvalue weighted by Gasteiger charge is 2.26. The number of carbonyl (C=O) groups is 1. The quantitative estimate of drug-likeness (QED) is 0.542. The summed E-state index contributed by atoms with van der Waals surface area (Å²) in [5.41, 5.74) is 3.53. The average Bonchev–Trinajstić information content (AvgIpc) is 2.79. The highest BCUT2D eigenvalue weighted by atomic mass is 32.2. The van der Waals surface area contributed by atoms with Crippen LogP contribution >= 0.6 is 0 Å². The van der Waals surface area contributed by atoms with Crippen LogP contribution in [0.2, 0.25) is 0 Å². The molecule has 8 heteroatoms. The maximum Gasteiger partial charge on any atom is 0.271 e. The van der Waals surface area contributed by atoms with Gasteiger partial charge in [-0.15, -0.1) is 0 Å². The lowest BCUT2D eigenvalue weighted by Crippen LogP contribution is -2.35. The Balaban J connectivity index is 1.64. The summed E-state index contributed by atoms with van der Waals surface area (Å²) < 4.78 is 32.3. The highest BCUT2D eigenvalue weighted by Crippen LogP contribution is 2.21. The van der Waals surface area contributed by atoms with Gasteiger partial charge in [0.15, 0.2) is 0 Å². The third-order valence-corrected chi connectivity index (χ3v) is 6.69. The van der Waals surface area contributed by atoms with E-state index in [0.29, 0.717) is 13.1 Å². The van der Waals surface area contributed by atoms with Crippen molar-refractivity contribution in [3.8, 4) is 5.75 Å². The number of nitrogens with zero attached hydrogens (tertiary/aromatic N) is 2. The molecule has 0 spiro atoms. The molecule has 2 aromatic carbocycles. The SMILES string of the molecule is COc1ccccc1/C=C/C=N/NC(=O)c1cccc(S(=O)(=O)N2CCCCC2)c1. The van der Waals surface area contributed by atoms with Crippen molar-refractivity contribution < 1.29 is 17.9 Å². The first-order chi connectivity index (χ1) is 14.5. The van der Waals surface area contributed by atoms with Gasteiger partial charge in [0.05, 0.1) is 12.0 Å². The lowest BCUT2D eigenvalue weighted by atomic mass is 10.2. The summed E-state index contributed by atoms with van der Waals surface area (Å²) in [6, 6.07) is 13.6. The van der Waals surface area contributed by atoms with Crippen molar-refractivity contribution in [1.29, 1.82) is 0 Å². The highest BCUT2D eigenvalue weighted by molar-refractivity contribution is 7.89. The molecular formula is C22H25N3O4S. The zero-order valence-corrected chi connectivity index (χ0v) is 17.6. The molecule has 1 aliphatic heterocycles. The molecule has 1 saturated heterocycles. The van der Waals surface area contributed by atoms with Crippen LogP contribution in [0.5, 0.6) is 5.75 Å². The minimum atomic E-state index is -3.59. The lowest BCUT2D eigenvalue weighted by Gasteiger charge is -2.25. The maximum absolute atomic E-state index is 12.8. The van der Waals surface area contributed by atoms with Gasteiger partial charge in [0, 0.05) is 30.4 Å². The number of hydrogen-bond donors (Lipinski definition) is 1. The fourth-order valence-corrected chi connectivity index (χ4v) is 4.77. The zero-order valence-electron chi connectivity index (χ0n) is 16.8. The summed E-state index contributed by atoms with van der Waals surface area (Å²) >= 11 is 0. The average molecular weight is 428 g/mol.